The first-order valence-corrected chi connectivity index (χ1v) is 12.8. The number of rotatable bonds is 5. The van der Waals surface area contributed by atoms with E-state index in [2.05, 4.69) is 27.9 Å². The fraction of sp³-hybridized carbons (Fsp3) is 0.154. The number of primary sulfonamides is 1. The molecule has 0 aliphatic carbocycles. The van der Waals surface area contributed by atoms with Crippen LogP contribution in [-0.4, -0.2) is 30.7 Å². The number of aromatic nitrogens is 2. The van der Waals surface area contributed by atoms with E-state index in [0.717, 1.165) is 30.9 Å². The molecule has 1 aromatic heterocycles. The van der Waals surface area contributed by atoms with Gasteiger partial charge in [-0.05, 0) is 66.9 Å². The highest BCUT2D eigenvalue weighted by Crippen LogP contribution is 2.27. The third kappa shape index (κ3) is 4.74. The molecule has 9 heteroatoms. The van der Waals surface area contributed by atoms with Crippen molar-refractivity contribution in [2.45, 2.75) is 24.8 Å². The molecule has 1 aliphatic rings. The molecule has 1 amide bonds. The maximum absolute atomic E-state index is 13.0. The molecule has 0 bridgehead atoms. The van der Waals surface area contributed by atoms with Crippen LogP contribution < -0.4 is 15.8 Å². The van der Waals surface area contributed by atoms with Crippen molar-refractivity contribution in [3.63, 3.8) is 0 Å². The SMILES string of the molecule is Cc1cc(NC(=O)c2ccc(-c3ccccc3S(N)(=O)=O)cc2)n(-c2ccc3c(c2)CNCC3)n1. The van der Waals surface area contributed by atoms with Gasteiger partial charge in [0, 0.05) is 23.7 Å². The Morgan fingerprint density at radius 3 is 2.57 bits per heavy atom. The van der Waals surface area contributed by atoms with E-state index in [0.29, 0.717) is 22.5 Å². The van der Waals surface area contributed by atoms with Gasteiger partial charge < -0.3 is 10.6 Å². The number of amides is 1. The Hall–Kier alpha value is -3.79. The first-order chi connectivity index (χ1) is 16.8. The summed E-state index contributed by atoms with van der Waals surface area (Å²) in [5, 5.41) is 16.3. The maximum Gasteiger partial charge on any atom is 0.256 e. The minimum atomic E-state index is -3.88. The third-order valence-electron chi connectivity index (χ3n) is 6.05. The van der Waals surface area contributed by atoms with Gasteiger partial charge in [0.1, 0.15) is 5.82 Å². The fourth-order valence-electron chi connectivity index (χ4n) is 4.33. The quantitative estimate of drug-likeness (QED) is 0.399. The second-order valence-corrected chi connectivity index (χ2v) is 10.1. The van der Waals surface area contributed by atoms with E-state index in [1.165, 1.54) is 17.2 Å². The second-order valence-electron chi connectivity index (χ2n) is 8.54. The highest BCUT2D eigenvalue weighted by molar-refractivity contribution is 7.89. The first-order valence-electron chi connectivity index (χ1n) is 11.2. The van der Waals surface area contributed by atoms with Gasteiger partial charge in [0.05, 0.1) is 16.3 Å². The lowest BCUT2D eigenvalue weighted by Crippen LogP contribution is -2.23. The standard InChI is InChI=1S/C26H25N5O3S/c1-17-14-25(31(30-17)22-11-10-18-12-13-28-16-21(18)15-22)29-26(32)20-8-6-19(7-9-20)23-4-2-3-5-24(23)35(27,33)34/h2-11,14-15,28H,12-13,16H2,1H3,(H,29,32)(H2,27,33,34). The summed E-state index contributed by atoms with van der Waals surface area (Å²) in [5.41, 5.74) is 5.78. The summed E-state index contributed by atoms with van der Waals surface area (Å²) in [4.78, 5) is 13.1. The van der Waals surface area contributed by atoms with Gasteiger partial charge in [-0.1, -0.05) is 36.4 Å². The molecular formula is C26H25N5O3S. The molecule has 4 N–H and O–H groups in total. The highest BCUT2D eigenvalue weighted by atomic mass is 32.2. The summed E-state index contributed by atoms with van der Waals surface area (Å²) in [6, 6.07) is 21.3. The Labute approximate surface area is 203 Å². The third-order valence-corrected chi connectivity index (χ3v) is 7.01. The molecule has 35 heavy (non-hydrogen) atoms. The number of benzene rings is 3. The van der Waals surface area contributed by atoms with Crippen LogP contribution in [0.15, 0.2) is 77.7 Å². The monoisotopic (exact) mass is 487 g/mol. The molecule has 0 atom stereocenters. The van der Waals surface area contributed by atoms with Crippen LogP contribution in [0.2, 0.25) is 0 Å². The van der Waals surface area contributed by atoms with E-state index < -0.39 is 10.0 Å². The van der Waals surface area contributed by atoms with Gasteiger partial charge in [-0.3, -0.25) is 4.79 Å². The molecule has 0 radical (unpaired) electrons. The number of carbonyl (C=O) groups is 1. The van der Waals surface area contributed by atoms with Crippen molar-refractivity contribution in [1.29, 1.82) is 0 Å². The van der Waals surface area contributed by atoms with Crippen LogP contribution in [-0.2, 0) is 23.0 Å². The average molecular weight is 488 g/mol. The molecule has 5 rings (SSSR count). The molecule has 0 spiro atoms. The van der Waals surface area contributed by atoms with Crippen LogP contribution in [0.25, 0.3) is 16.8 Å². The van der Waals surface area contributed by atoms with Crippen molar-refractivity contribution in [2.24, 2.45) is 5.14 Å². The highest BCUT2D eigenvalue weighted by Gasteiger charge is 2.17. The minimum Gasteiger partial charge on any atom is -0.312 e. The van der Waals surface area contributed by atoms with E-state index >= 15 is 0 Å². The predicted molar refractivity (Wildman–Crippen MR) is 135 cm³/mol. The van der Waals surface area contributed by atoms with Crippen LogP contribution in [0.1, 0.15) is 27.2 Å². The number of hydrogen-bond donors (Lipinski definition) is 3. The van der Waals surface area contributed by atoms with E-state index in [1.807, 2.05) is 19.1 Å². The van der Waals surface area contributed by atoms with Crippen LogP contribution in [0.4, 0.5) is 5.82 Å². The van der Waals surface area contributed by atoms with Crippen molar-refractivity contribution in [1.82, 2.24) is 15.1 Å². The largest absolute Gasteiger partial charge is 0.312 e. The number of anilines is 1. The molecule has 1 aliphatic heterocycles. The van der Waals surface area contributed by atoms with E-state index in [1.54, 1.807) is 47.1 Å². The van der Waals surface area contributed by atoms with Crippen molar-refractivity contribution in [3.05, 3.63) is 95.2 Å². The van der Waals surface area contributed by atoms with Gasteiger partial charge in [-0.2, -0.15) is 5.10 Å². The summed E-state index contributed by atoms with van der Waals surface area (Å²) in [7, 11) is -3.88. The molecule has 0 unspecified atom stereocenters. The number of fused-ring (bicyclic) bond motifs is 1. The van der Waals surface area contributed by atoms with Crippen molar-refractivity contribution >= 4 is 21.7 Å². The molecule has 8 nitrogen and oxygen atoms in total. The molecule has 0 saturated carbocycles. The fourth-order valence-corrected chi connectivity index (χ4v) is 5.09. The molecule has 0 saturated heterocycles. The van der Waals surface area contributed by atoms with Gasteiger partial charge in [-0.25, -0.2) is 18.2 Å². The number of nitrogens with two attached hydrogens (primary N) is 1. The predicted octanol–water partition coefficient (Wildman–Crippen LogP) is 3.39. The number of carbonyl (C=O) groups excluding carboxylic acids is 1. The number of sulfonamides is 1. The normalized spacial score (nSPS) is 13.3. The zero-order valence-corrected chi connectivity index (χ0v) is 20.0. The van der Waals surface area contributed by atoms with E-state index in [9.17, 15) is 13.2 Å². The summed E-state index contributed by atoms with van der Waals surface area (Å²) < 4.78 is 25.6. The summed E-state index contributed by atoms with van der Waals surface area (Å²) >= 11 is 0. The second kappa shape index (κ2) is 9.10. The lowest BCUT2D eigenvalue weighted by Gasteiger charge is -2.18. The van der Waals surface area contributed by atoms with Gasteiger partial charge >= 0.3 is 0 Å². The first kappa shape index (κ1) is 23.0. The van der Waals surface area contributed by atoms with E-state index in [-0.39, 0.29) is 10.8 Å². The number of nitrogens with zero attached hydrogens (tertiary/aromatic N) is 2. The molecule has 0 fully saturated rings. The van der Waals surface area contributed by atoms with Crippen LogP contribution in [0.3, 0.4) is 0 Å². The lowest BCUT2D eigenvalue weighted by atomic mass is 10.0. The molecule has 2 heterocycles. The van der Waals surface area contributed by atoms with Gasteiger partial charge in [0.25, 0.3) is 5.91 Å². The number of hydrogen-bond acceptors (Lipinski definition) is 5. The van der Waals surface area contributed by atoms with E-state index in [4.69, 9.17) is 5.14 Å². The smallest absolute Gasteiger partial charge is 0.256 e. The molecule has 4 aromatic rings. The lowest BCUT2D eigenvalue weighted by molar-refractivity contribution is 0.102. The van der Waals surface area contributed by atoms with Crippen molar-refractivity contribution < 1.29 is 13.2 Å². The van der Waals surface area contributed by atoms with Gasteiger partial charge in [0.2, 0.25) is 10.0 Å². The number of nitrogens with one attached hydrogen (secondary N) is 2. The Morgan fingerprint density at radius 1 is 1.03 bits per heavy atom. The molecular weight excluding hydrogens is 462 g/mol. The Morgan fingerprint density at radius 2 is 1.80 bits per heavy atom. The minimum absolute atomic E-state index is 0.0387. The zero-order valence-electron chi connectivity index (χ0n) is 19.2. The number of aryl methyl sites for hydroxylation is 1. The summed E-state index contributed by atoms with van der Waals surface area (Å²) in [6.07, 6.45) is 0.995. The van der Waals surface area contributed by atoms with Crippen LogP contribution >= 0.6 is 0 Å². The van der Waals surface area contributed by atoms with Crippen LogP contribution in [0.5, 0.6) is 0 Å². The van der Waals surface area contributed by atoms with Crippen molar-refractivity contribution in [2.75, 3.05) is 11.9 Å². The Balaban J connectivity index is 1.40. The van der Waals surface area contributed by atoms with Crippen LogP contribution in [0, 0.1) is 6.92 Å². The van der Waals surface area contributed by atoms with Crippen molar-refractivity contribution in [3.8, 4) is 16.8 Å². The topological polar surface area (TPSA) is 119 Å². The van der Waals surface area contributed by atoms with Gasteiger partial charge in [0.15, 0.2) is 0 Å². The molecule has 178 valence electrons. The van der Waals surface area contributed by atoms with Gasteiger partial charge in [-0.15, -0.1) is 0 Å². The Kier molecular flexibility index (Phi) is 5.98. The Bertz CT molecular complexity index is 1530. The summed E-state index contributed by atoms with van der Waals surface area (Å²) in [6.45, 7) is 3.66. The zero-order chi connectivity index (χ0) is 24.6. The average Bonchev–Trinajstić information content (AvgIpc) is 3.23. The maximum atomic E-state index is 13.0. The summed E-state index contributed by atoms with van der Waals surface area (Å²) in [5.74, 6) is 0.275. The molecule has 3 aromatic carbocycles.